The van der Waals surface area contributed by atoms with Crippen molar-refractivity contribution in [1.29, 1.82) is 0 Å². The smallest absolute Gasteiger partial charge is 0.182 e. The molecule has 0 aromatic carbocycles. The Morgan fingerprint density at radius 1 is 1.37 bits per heavy atom. The average Bonchev–Trinajstić information content (AvgIpc) is 2.85. The average molecular weight is 253 g/mol. The molecule has 0 aliphatic carbocycles. The molecule has 2 aromatic rings. The Kier molecular flexibility index (Phi) is 3.02. The predicted octanol–water partition coefficient (Wildman–Crippen LogP) is 1.38. The molecule has 0 unspecified atom stereocenters. The number of nitrogens with one attached hydrogen (secondary N) is 1. The molecule has 1 atom stereocenters. The lowest BCUT2D eigenvalue weighted by molar-refractivity contribution is 0.438. The summed E-state index contributed by atoms with van der Waals surface area (Å²) in [5, 5.41) is 11.9. The van der Waals surface area contributed by atoms with Gasteiger partial charge in [0.2, 0.25) is 0 Å². The summed E-state index contributed by atoms with van der Waals surface area (Å²) in [6, 6.07) is 6.03. The monoisotopic (exact) mass is 253 g/mol. The maximum Gasteiger partial charge on any atom is 0.182 e. The van der Waals surface area contributed by atoms with E-state index in [-0.39, 0.29) is 6.04 Å². The second-order valence-corrected chi connectivity index (χ2v) is 4.49. The Morgan fingerprint density at radius 3 is 3.11 bits per heavy atom. The molecule has 0 spiro atoms. The molecule has 0 bridgehead atoms. The Labute approximate surface area is 112 Å². The van der Waals surface area contributed by atoms with Crippen molar-refractivity contribution in [3.05, 3.63) is 29.7 Å². The van der Waals surface area contributed by atoms with Crippen LogP contribution >= 0.6 is 0 Å². The molecule has 0 saturated carbocycles. The van der Waals surface area contributed by atoms with E-state index in [9.17, 15) is 0 Å². The first-order valence-electron chi connectivity index (χ1n) is 6.36. The second-order valence-electron chi connectivity index (χ2n) is 4.49. The highest BCUT2D eigenvalue weighted by molar-refractivity contribution is 5.51. The molecule has 2 aromatic heterocycles. The second kappa shape index (κ2) is 4.82. The maximum atomic E-state index is 4.52. The lowest BCUT2D eigenvalue weighted by Crippen LogP contribution is -2.32. The van der Waals surface area contributed by atoms with E-state index in [1.54, 1.807) is 6.92 Å². The van der Waals surface area contributed by atoms with E-state index in [1.165, 1.54) is 0 Å². The number of hydrogen-bond acceptors (Lipinski definition) is 4. The van der Waals surface area contributed by atoms with Crippen LogP contribution < -0.4 is 5.32 Å². The summed E-state index contributed by atoms with van der Waals surface area (Å²) in [7, 11) is 0. The zero-order valence-electron chi connectivity index (χ0n) is 11.0. The fourth-order valence-corrected chi connectivity index (χ4v) is 2.29. The Balaban J connectivity index is 2.07. The van der Waals surface area contributed by atoms with Crippen LogP contribution in [0.1, 0.15) is 31.4 Å². The van der Waals surface area contributed by atoms with Gasteiger partial charge in [-0.1, -0.05) is 12.0 Å². The highest BCUT2D eigenvalue weighted by Crippen LogP contribution is 2.22. The van der Waals surface area contributed by atoms with Crippen LogP contribution in [0.4, 0.5) is 0 Å². The minimum Gasteiger partial charge on any atom is -0.307 e. The van der Waals surface area contributed by atoms with Gasteiger partial charge in [0.15, 0.2) is 5.82 Å². The summed E-state index contributed by atoms with van der Waals surface area (Å²) in [4.78, 5) is 4.52. The first kappa shape index (κ1) is 11.9. The first-order chi connectivity index (χ1) is 9.29. The van der Waals surface area contributed by atoms with Crippen LogP contribution in [0, 0.1) is 11.8 Å². The molecule has 5 nitrogen and oxygen atoms in total. The van der Waals surface area contributed by atoms with Gasteiger partial charge in [0, 0.05) is 13.1 Å². The largest absolute Gasteiger partial charge is 0.307 e. The zero-order chi connectivity index (χ0) is 13.2. The van der Waals surface area contributed by atoms with Gasteiger partial charge in [-0.3, -0.25) is 0 Å². The number of nitrogens with zero attached hydrogens (tertiary/aromatic N) is 4. The van der Waals surface area contributed by atoms with Crippen molar-refractivity contribution >= 4 is 0 Å². The fraction of sp³-hybridized carbons (Fsp3) is 0.357. The Morgan fingerprint density at radius 2 is 2.26 bits per heavy atom. The highest BCUT2D eigenvalue weighted by atomic mass is 15.3. The summed E-state index contributed by atoms with van der Waals surface area (Å²) >= 11 is 0. The van der Waals surface area contributed by atoms with Crippen LogP contribution in [0.15, 0.2) is 18.2 Å². The van der Waals surface area contributed by atoms with Gasteiger partial charge in [-0.05, 0) is 31.9 Å². The predicted molar refractivity (Wildman–Crippen MR) is 72.2 cm³/mol. The third kappa shape index (κ3) is 2.11. The summed E-state index contributed by atoms with van der Waals surface area (Å²) in [5.74, 6) is 7.62. The van der Waals surface area contributed by atoms with Crippen molar-refractivity contribution in [3.8, 4) is 23.4 Å². The number of hydrogen-bond donors (Lipinski definition) is 1. The number of aromatic nitrogens is 4. The van der Waals surface area contributed by atoms with Gasteiger partial charge in [0.25, 0.3) is 0 Å². The molecule has 1 aliphatic rings. The van der Waals surface area contributed by atoms with E-state index < -0.39 is 0 Å². The molecule has 1 N–H and O–H groups in total. The third-order valence-corrected chi connectivity index (χ3v) is 3.18. The van der Waals surface area contributed by atoms with Crippen molar-refractivity contribution in [2.75, 3.05) is 6.54 Å². The quantitative estimate of drug-likeness (QED) is 0.780. The van der Waals surface area contributed by atoms with Gasteiger partial charge >= 0.3 is 0 Å². The summed E-state index contributed by atoms with van der Waals surface area (Å²) < 4.78 is 2.13. The van der Waals surface area contributed by atoms with Gasteiger partial charge in [0.1, 0.15) is 17.2 Å². The molecule has 0 saturated heterocycles. The minimum atomic E-state index is 0.230. The van der Waals surface area contributed by atoms with Gasteiger partial charge in [-0.15, -0.1) is 10.2 Å². The van der Waals surface area contributed by atoms with Crippen LogP contribution in [0.5, 0.6) is 0 Å². The van der Waals surface area contributed by atoms with Crippen LogP contribution in [0.25, 0.3) is 11.5 Å². The van der Waals surface area contributed by atoms with Crippen LogP contribution in [-0.4, -0.2) is 26.3 Å². The molecule has 1 aliphatic heterocycles. The van der Waals surface area contributed by atoms with E-state index in [2.05, 4.69) is 43.8 Å². The number of fused-ring (bicyclic) bond motifs is 1. The molecule has 3 rings (SSSR count). The van der Waals surface area contributed by atoms with Crippen molar-refractivity contribution in [1.82, 2.24) is 25.1 Å². The zero-order valence-corrected chi connectivity index (χ0v) is 11.0. The lowest BCUT2D eigenvalue weighted by atomic mass is 10.2. The summed E-state index contributed by atoms with van der Waals surface area (Å²) in [6.45, 7) is 5.69. The Hall–Kier alpha value is -2.19. The lowest BCUT2D eigenvalue weighted by Gasteiger charge is -2.21. The van der Waals surface area contributed by atoms with Gasteiger partial charge in [-0.2, -0.15) is 0 Å². The number of rotatable bonds is 1. The molecule has 0 fully saturated rings. The molecular formula is C14H15N5. The summed E-state index contributed by atoms with van der Waals surface area (Å²) in [5.41, 5.74) is 1.59. The van der Waals surface area contributed by atoms with Crippen molar-refractivity contribution in [2.45, 2.75) is 26.4 Å². The molecule has 3 heterocycles. The van der Waals surface area contributed by atoms with Crippen molar-refractivity contribution in [2.24, 2.45) is 0 Å². The van der Waals surface area contributed by atoms with E-state index in [0.29, 0.717) is 0 Å². The van der Waals surface area contributed by atoms with E-state index in [1.807, 2.05) is 18.2 Å². The maximum absolute atomic E-state index is 4.52. The fourth-order valence-electron chi connectivity index (χ4n) is 2.29. The van der Waals surface area contributed by atoms with Gasteiger partial charge in [-0.25, -0.2) is 4.98 Å². The van der Waals surface area contributed by atoms with Crippen LogP contribution in [0.3, 0.4) is 0 Å². The van der Waals surface area contributed by atoms with Crippen LogP contribution in [0.2, 0.25) is 0 Å². The normalized spacial score (nSPS) is 17.5. The third-order valence-electron chi connectivity index (χ3n) is 3.18. The molecule has 0 radical (unpaired) electrons. The standard InChI is InChI=1S/C14H15N5/c1-3-5-11-6-4-7-12(16-11)14-18-17-13-10(2)15-8-9-19(13)14/h4,6-7,10,15H,8-9H2,1-2H3/t10-/m1/s1. The van der Waals surface area contributed by atoms with E-state index in [0.717, 1.165) is 36.1 Å². The van der Waals surface area contributed by atoms with Gasteiger partial charge < -0.3 is 9.88 Å². The first-order valence-corrected chi connectivity index (χ1v) is 6.36. The number of pyridine rings is 1. The highest BCUT2D eigenvalue weighted by Gasteiger charge is 2.22. The van der Waals surface area contributed by atoms with Crippen molar-refractivity contribution < 1.29 is 0 Å². The Bertz CT molecular complexity index is 662. The molecular weight excluding hydrogens is 238 g/mol. The summed E-state index contributed by atoms with van der Waals surface area (Å²) in [6.07, 6.45) is 0. The minimum absolute atomic E-state index is 0.230. The van der Waals surface area contributed by atoms with Crippen LogP contribution in [-0.2, 0) is 6.54 Å². The SMILES string of the molecule is CC#Cc1cccc(-c2nnc3n2CCN[C@@H]3C)n1. The molecule has 0 amide bonds. The molecule has 5 heteroatoms. The molecule has 19 heavy (non-hydrogen) atoms. The van der Waals surface area contributed by atoms with Gasteiger partial charge in [0.05, 0.1) is 6.04 Å². The van der Waals surface area contributed by atoms with E-state index >= 15 is 0 Å². The van der Waals surface area contributed by atoms with Crippen molar-refractivity contribution in [3.63, 3.8) is 0 Å². The topological polar surface area (TPSA) is 55.6 Å². The molecule has 96 valence electrons. The van der Waals surface area contributed by atoms with E-state index in [4.69, 9.17) is 0 Å².